The van der Waals surface area contributed by atoms with Gasteiger partial charge in [0.25, 0.3) is 0 Å². The van der Waals surface area contributed by atoms with Crippen molar-refractivity contribution in [2.75, 3.05) is 50.0 Å². The number of hydrogen-bond acceptors (Lipinski definition) is 7. The highest BCUT2D eigenvalue weighted by molar-refractivity contribution is 5.85. The average Bonchev–Trinajstić information content (AvgIpc) is 2.62. The summed E-state index contributed by atoms with van der Waals surface area (Å²) in [4.78, 5) is 13.2. The fourth-order valence-corrected chi connectivity index (χ4v) is 3.09. The number of halogens is 1. The van der Waals surface area contributed by atoms with E-state index in [1.54, 1.807) is 12.3 Å². The van der Waals surface area contributed by atoms with Crippen LogP contribution < -0.4 is 20.1 Å². The van der Waals surface area contributed by atoms with Crippen molar-refractivity contribution in [3.05, 3.63) is 36.5 Å². The second-order valence-corrected chi connectivity index (χ2v) is 6.07. The Morgan fingerprint density at radius 2 is 1.84 bits per heavy atom. The van der Waals surface area contributed by atoms with Crippen molar-refractivity contribution in [2.24, 2.45) is 0 Å². The van der Waals surface area contributed by atoms with Crippen LogP contribution in [-0.4, -0.2) is 60.3 Å². The Bertz CT molecular complexity index is 709. The maximum absolute atomic E-state index is 6.04. The number of hydrogen-bond donors (Lipinski definition) is 1. The summed E-state index contributed by atoms with van der Waals surface area (Å²) in [6, 6.07) is 9.53. The van der Waals surface area contributed by atoms with E-state index in [0.29, 0.717) is 18.4 Å². The van der Waals surface area contributed by atoms with Crippen LogP contribution in [0.25, 0.3) is 0 Å². The lowest BCUT2D eigenvalue weighted by Crippen LogP contribution is -2.51. The van der Waals surface area contributed by atoms with Crippen LogP contribution in [0.15, 0.2) is 36.5 Å². The second kappa shape index (κ2) is 7.76. The standard InChI is InChI=1S/C17H21N5O2.ClH/c18-16-5-6-19-17(20-16)22-9-7-21(8-10-22)11-13-12-23-14-3-1-2-4-15(14)24-13;/h1-6,13H,7-12H2,(H2,18,19,20);1H. The summed E-state index contributed by atoms with van der Waals surface area (Å²) in [6.07, 6.45) is 1.77. The number of fused-ring (bicyclic) bond motifs is 1. The molecular formula is C17H22ClN5O2. The lowest BCUT2D eigenvalue weighted by molar-refractivity contribution is 0.0570. The van der Waals surface area contributed by atoms with E-state index >= 15 is 0 Å². The quantitative estimate of drug-likeness (QED) is 0.884. The fourth-order valence-electron chi connectivity index (χ4n) is 3.09. The molecule has 0 spiro atoms. The minimum absolute atomic E-state index is 0. The zero-order chi connectivity index (χ0) is 16.4. The average molecular weight is 364 g/mol. The number of aromatic nitrogens is 2. The largest absolute Gasteiger partial charge is 0.486 e. The molecule has 0 aliphatic carbocycles. The van der Waals surface area contributed by atoms with Gasteiger partial charge in [-0.2, -0.15) is 4.98 Å². The zero-order valence-corrected chi connectivity index (χ0v) is 14.7. The molecular weight excluding hydrogens is 342 g/mol. The molecule has 1 saturated heterocycles. The Balaban J connectivity index is 0.00000182. The smallest absolute Gasteiger partial charge is 0.227 e. The third-order valence-corrected chi connectivity index (χ3v) is 4.35. The molecule has 2 aliphatic rings. The molecule has 1 atom stereocenters. The number of nitrogens with two attached hydrogens (primary N) is 1. The van der Waals surface area contributed by atoms with Gasteiger partial charge in [0.05, 0.1) is 0 Å². The molecule has 0 amide bonds. The molecule has 2 aliphatic heterocycles. The van der Waals surface area contributed by atoms with Gasteiger partial charge in [0.2, 0.25) is 5.95 Å². The number of benzene rings is 1. The van der Waals surface area contributed by atoms with Gasteiger partial charge in [-0.1, -0.05) is 12.1 Å². The van der Waals surface area contributed by atoms with Crippen LogP contribution in [-0.2, 0) is 0 Å². The molecule has 25 heavy (non-hydrogen) atoms. The van der Waals surface area contributed by atoms with E-state index < -0.39 is 0 Å². The Morgan fingerprint density at radius 1 is 1.08 bits per heavy atom. The molecule has 0 bridgehead atoms. The predicted molar refractivity (Wildman–Crippen MR) is 98.7 cm³/mol. The highest BCUT2D eigenvalue weighted by Gasteiger charge is 2.26. The minimum Gasteiger partial charge on any atom is -0.486 e. The summed E-state index contributed by atoms with van der Waals surface area (Å²) in [5.74, 6) is 2.88. The summed E-state index contributed by atoms with van der Waals surface area (Å²) in [6.45, 7) is 5.11. The zero-order valence-electron chi connectivity index (χ0n) is 13.9. The first-order valence-corrected chi connectivity index (χ1v) is 8.22. The van der Waals surface area contributed by atoms with Crippen molar-refractivity contribution < 1.29 is 9.47 Å². The van der Waals surface area contributed by atoms with Crippen LogP contribution in [0.4, 0.5) is 11.8 Å². The monoisotopic (exact) mass is 363 g/mol. The van der Waals surface area contributed by atoms with Crippen LogP contribution in [0.5, 0.6) is 11.5 Å². The molecule has 1 aromatic heterocycles. The third kappa shape index (κ3) is 4.05. The molecule has 3 heterocycles. The van der Waals surface area contributed by atoms with E-state index in [0.717, 1.165) is 44.2 Å². The van der Waals surface area contributed by atoms with Gasteiger partial charge in [0.15, 0.2) is 11.5 Å². The summed E-state index contributed by atoms with van der Waals surface area (Å²) in [5, 5.41) is 0. The molecule has 1 unspecified atom stereocenters. The number of piperazine rings is 1. The Hall–Kier alpha value is -2.25. The number of nitrogens with zero attached hydrogens (tertiary/aromatic N) is 4. The molecule has 0 radical (unpaired) electrons. The molecule has 2 N–H and O–H groups in total. The van der Waals surface area contributed by atoms with Crippen molar-refractivity contribution in [3.63, 3.8) is 0 Å². The van der Waals surface area contributed by atoms with Gasteiger partial charge in [-0.3, -0.25) is 4.90 Å². The van der Waals surface area contributed by atoms with Crippen molar-refractivity contribution in [1.82, 2.24) is 14.9 Å². The number of nitrogen functional groups attached to an aromatic ring is 1. The molecule has 7 nitrogen and oxygen atoms in total. The second-order valence-electron chi connectivity index (χ2n) is 6.07. The third-order valence-electron chi connectivity index (χ3n) is 4.35. The van der Waals surface area contributed by atoms with Crippen molar-refractivity contribution in [1.29, 1.82) is 0 Å². The summed E-state index contributed by atoms with van der Waals surface area (Å²) in [7, 11) is 0. The molecule has 1 fully saturated rings. The maximum Gasteiger partial charge on any atom is 0.227 e. The van der Waals surface area contributed by atoms with Gasteiger partial charge in [0, 0.05) is 38.9 Å². The van der Waals surface area contributed by atoms with E-state index in [2.05, 4.69) is 19.8 Å². The van der Waals surface area contributed by atoms with Crippen LogP contribution in [0, 0.1) is 0 Å². The molecule has 1 aromatic carbocycles. The highest BCUT2D eigenvalue weighted by atomic mass is 35.5. The van der Waals surface area contributed by atoms with Crippen molar-refractivity contribution in [3.8, 4) is 11.5 Å². The van der Waals surface area contributed by atoms with Gasteiger partial charge in [0.1, 0.15) is 18.5 Å². The van der Waals surface area contributed by atoms with Crippen molar-refractivity contribution in [2.45, 2.75) is 6.10 Å². The maximum atomic E-state index is 6.04. The van der Waals surface area contributed by atoms with E-state index in [-0.39, 0.29) is 18.5 Å². The van der Waals surface area contributed by atoms with Gasteiger partial charge in [-0.15, -0.1) is 12.4 Å². The van der Waals surface area contributed by atoms with Gasteiger partial charge in [-0.25, -0.2) is 4.98 Å². The van der Waals surface area contributed by atoms with Crippen molar-refractivity contribution >= 4 is 24.2 Å². The molecule has 134 valence electrons. The first kappa shape index (κ1) is 17.6. The van der Waals surface area contributed by atoms with Crippen LogP contribution >= 0.6 is 12.4 Å². The summed E-state index contributed by atoms with van der Waals surface area (Å²) >= 11 is 0. The van der Waals surface area contributed by atoms with E-state index in [9.17, 15) is 0 Å². The van der Waals surface area contributed by atoms with Gasteiger partial charge >= 0.3 is 0 Å². The first-order chi connectivity index (χ1) is 11.8. The normalized spacial score (nSPS) is 20.0. The molecule has 0 saturated carbocycles. The van der Waals surface area contributed by atoms with E-state index in [4.69, 9.17) is 15.2 Å². The Morgan fingerprint density at radius 3 is 2.60 bits per heavy atom. The fraction of sp³-hybridized carbons (Fsp3) is 0.412. The first-order valence-electron chi connectivity index (χ1n) is 8.22. The lowest BCUT2D eigenvalue weighted by Gasteiger charge is -2.37. The van der Waals surface area contributed by atoms with Crippen LogP contribution in [0.2, 0.25) is 0 Å². The van der Waals surface area contributed by atoms with E-state index in [1.165, 1.54) is 0 Å². The SMILES string of the molecule is Cl.Nc1ccnc(N2CCN(CC3COc4ccccc4O3)CC2)n1. The minimum atomic E-state index is 0. The number of rotatable bonds is 3. The molecule has 4 rings (SSSR count). The topological polar surface area (TPSA) is 76.7 Å². The lowest BCUT2D eigenvalue weighted by atomic mass is 10.2. The number of para-hydroxylation sites is 2. The van der Waals surface area contributed by atoms with Crippen LogP contribution in [0.3, 0.4) is 0 Å². The molecule has 2 aromatic rings. The Kier molecular flexibility index (Phi) is 5.45. The van der Waals surface area contributed by atoms with Gasteiger partial charge in [-0.05, 0) is 18.2 Å². The summed E-state index contributed by atoms with van der Waals surface area (Å²) < 4.78 is 11.8. The van der Waals surface area contributed by atoms with Gasteiger partial charge < -0.3 is 20.1 Å². The number of ether oxygens (including phenoxy) is 2. The molecule has 8 heteroatoms. The van der Waals surface area contributed by atoms with E-state index in [1.807, 2.05) is 24.3 Å². The summed E-state index contributed by atoms with van der Waals surface area (Å²) in [5.41, 5.74) is 5.74. The number of anilines is 2. The predicted octanol–water partition coefficient (Wildman–Crippen LogP) is 1.44. The highest BCUT2D eigenvalue weighted by Crippen LogP contribution is 2.31. The Labute approximate surface area is 153 Å². The van der Waals surface area contributed by atoms with Crippen LogP contribution in [0.1, 0.15) is 0 Å².